The zero-order valence-electron chi connectivity index (χ0n) is 23.1. The molecule has 2 aromatic rings. The summed E-state index contributed by atoms with van der Waals surface area (Å²) in [5.41, 5.74) is 1.31. The Bertz CT molecular complexity index is 1390. The number of aromatic nitrogens is 2. The Kier molecular flexibility index (Phi) is 6.51. The molecule has 0 radical (unpaired) electrons. The average molecular weight is 554 g/mol. The maximum absolute atomic E-state index is 13.4. The van der Waals surface area contributed by atoms with E-state index in [4.69, 9.17) is 4.98 Å². The van der Waals surface area contributed by atoms with E-state index in [1.165, 1.54) is 0 Å². The number of anilines is 3. The van der Waals surface area contributed by atoms with Crippen LogP contribution in [0.3, 0.4) is 0 Å². The van der Waals surface area contributed by atoms with Gasteiger partial charge < -0.3 is 15.3 Å². The minimum atomic E-state index is -3.39. The lowest BCUT2D eigenvalue weighted by Crippen LogP contribution is -2.50. The van der Waals surface area contributed by atoms with E-state index in [1.807, 2.05) is 6.92 Å². The molecule has 1 aromatic carbocycles. The summed E-state index contributed by atoms with van der Waals surface area (Å²) in [6.45, 7) is 5.42. The van der Waals surface area contributed by atoms with E-state index in [1.54, 1.807) is 36.2 Å². The van der Waals surface area contributed by atoms with Gasteiger partial charge in [-0.15, -0.1) is 0 Å². The molecule has 0 bridgehead atoms. The second-order valence-electron chi connectivity index (χ2n) is 12.5. The number of sulfone groups is 1. The van der Waals surface area contributed by atoms with E-state index < -0.39 is 15.3 Å². The normalized spacial score (nSPS) is 25.7. The van der Waals surface area contributed by atoms with Gasteiger partial charge >= 0.3 is 0 Å². The summed E-state index contributed by atoms with van der Waals surface area (Å²) in [7, 11) is -1.26. The average Bonchev–Trinajstić information content (AvgIpc) is 3.49. The van der Waals surface area contributed by atoms with Crippen molar-refractivity contribution in [2.24, 2.45) is 5.41 Å². The van der Waals surface area contributed by atoms with Gasteiger partial charge in [0.15, 0.2) is 9.84 Å². The van der Waals surface area contributed by atoms with Gasteiger partial charge in [0, 0.05) is 23.5 Å². The fourth-order valence-corrected chi connectivity index (χ4v) is 9.16. The molecule has 2 saturated carbocycles. The Morgan fingerprint density at radius 1 is 1.15 bits per heavy atom. The largest absolute Gasteiger partial charge is 0.395 e. The van der Waals surface area contributed by atoms with Crippen molar-refractivity contribution in [1.82, 2.24) is 14.9 Å². The molecule has 9 nitrogen and oxygen atoms in total. The van der Waals surface area contributed by atoms with Crippen LogP contribution in [0, 0.1) is 12.3 Å². The van der Waals surface area contributed by atoms with Crippen molar-refractivity contribution in [3.63, 3.8) is 0 Å². The highest BCUT2D eigenvalue weighted by Crippen LogP contribution is 2.52. The molecule has 1 saturated heterocycles. The number of carbonyl (C=O) groups is 1. The summed E-state index contributed by atoms with van der Waals surface area (Å²) in [4.78, 5) is 27.0. The Morgan fingerprint density at radius 2 is 1.85 bits per heavy atom. The number of likely N-dealkylation sites (tertiary alicyclic amines) is 1. The van der Waals surface area contributed by atoms with Crippen LogP contribution in [0.5, 0.6) is 0 Å². The Balaban J connectivity index is 1.21. The number of rotatable bonds is 6. The Hall–Kier alpha value is -2.56. The summed E-state index contributed by atoms with van der Waals surface area (Å²) in [6.07, 6.45) is 9.31. The van der Waals surface area contributed by atoms with E-state index in [9.17, 15) is 18.3 Å². The molecule has 2 aliphatic heterocycles. The maximum Gasteiger partial charge on any atom is 0.241 e. The van der Waals surface area contributed by atoms with Gasteiger partial charge in [0.25, 0.3) is 0 Å². The fraction of sp³-hybridized carbons (Fsp3) is 0.621. The number of aliphatic hydroxyl groups excluding tert-OH is 1. The summed E-state index contributed by atoms with van der Waals surface area (Å²) < 4.78 is 26.8. The molecule has 1 amide bonds. The smallest absolute Gasteiger partial charge is 0.241 e. The van der Waals surface area contributed by atoms with Gasteiger partial charge in [0.2, 0.25) is 11.9 Å². The second-order valence-corrected chi connectivity index (χ2v) is 14.7. The quantitative estimate of drug-likeness (QED) is 0.556. The molecular formula is C29H39N5O4S. The topological polar surface area (TPSA) is 116 Å². The van der Waals surface area contributed by atoms with Gasteiger partial charge in [-0.2, -0.15) is 4.98 Å². The van der Waals surface area contributed by atoms with E-state index in [2.05, 4.69) is 22.2 Å². The molecule has 1 unspecified atom stereocenters. The van der Waals surface area contributed by atoms with Crippen LogP contribution in [-0.2, 0) is 20.0 Å². The van der Waals surface area contributed by atoms with Gasteiger partial charge in [-0.05, 0) is 102 Å². The maximum atomic E-state index is 13.4. The van der Waals surface area contributed by atoms with Crippen molar-refractivity contribution < 1.29 is 18.3 Å². The fourth-order valence-electron chi connectivity index (χ4n) is 7.03. The third-order valence-corrected chi connectivity index (χ3v) is 12.0. The second kappa shape index (κ2) is 9.52. The third kappa shape index (κ3) is 4.35. The van der Waals surface area contributed by atoms with Crippen LogP contribution < -0.4 is 10.2 Å². The minimum absolute atomic E-state index is 0.0822. The van der Waals surface area contributed by atoms with Crippen LogP contribution in [0.4, 0.5) is 17.5 Å². The molecule has 1 spiro atoms. The molecule has 3 heterocycles. The Labute approximate surface area is 230 Å². The zero-order valence-corrected chi connectivity index (χ0v) is 23.9. The van der Waals surface area contributed by atoms with Crippen LogP contribution in [0.15, 0.2) is 29.3 Å². The number of aryl methyl sites for hydroxylation is 1. The molecule has 210 valence electrons. The number of nitrogens with one attached hydrogen (secondary N) is 1. The third-order valence-electron chi connectivity index (χ3n) is 9.87. The van der Waals surface area contributed by atoms with Crippen LogP contribution >= 0.6 is 0 Å². The molecule has 4 aliphatic rings. The summed E-state index contributed by atoms with van der Waals surface area (Å²) >= 11 is 0. The Morgan fingerprint density at radius 3 is 2.49 bits per heavy atom. The number of nitrogens with zero attached hydrogens (tertiary/aromatic N) is 4. The lowest BCUT2D eigenvalue weighted by Gasteiger charge is -2.51. The van der Waals surface area contributed by atoms with Crippen molar-refractivity contribution in [2.45, 2.75) is 86.8 Å². The first-order chi connectivity index (χ1) is 18.6. The molecule has 2 N–H and O–H groups in total. The lowest BCUT2D eigenvalue weighted by molar-refractivity contribution is -0.124. The number of carbonyl (C=O) groups excluding carboxylic acids is 1. The number of piperidine rings is 1. The molecule has 1 atom stereocenters. The van der Waals surface area contributed by atoms with Gasteiger partial charge in [-0.3, -0.25) is 9.69 Å². The standard InChI is InChI=1S/C29H39N5O4S/c1-19-14-21(39(37,38)22-15-29(16-22)10-12-33(3)13-11-29)8-9-24(19)31-27-30-17-23-25(32-27)34(20-6-4-5-7-20)26(36)28(23,2)18-35/h8-9,14,17,20,22,35H,4-7,10-13,15-16,18H2,1-3H3,(H,30,31,32). The van der Waals surface area contributed by atoms with E-state index in [0.717, 1.165) is 75.7 Å². The zero-order chi connectivity index (χ0) is 27.6. The number of amides is 1. The van der Waals surface area contributed by atoms with E-state index in [-0.39, 0.29) is 29.2 Å². The predicted octanol–water partition coefficient (Wildman–Crippen LogP) is 3.72. The summed E-state index contributed by atoms with van der Waals surface area (Å²) in [5, 5.41) is 13.0. The molecule has 10 heteroatoms. The van der Waals surface area contributed by atoms with Crippen LogP contribution in [0.1, 0.15) is 69.4 Å². The molecule has 2 aliphatic carbocycles. The number of hydrogen-bond acceptors (Lipinski definition) is 8. The van der Waals surface area contributed by atoms with Crippen molar-refractivity contribution in [2.75, 3.05) is 37.0 Å². The lowest BCUT2D eigenvalue weighted by atomic mass is 9.63. The molecule has 1 aromatic heterocycles. The predicted molar refractivity (Wildman–Crippen MR) is 150 cm³/mol. The van der Waals surface area contributed by atoms with Gasteiger partial charge in [0.1, 0.15) is 5.82 Å². The highest BCUT2D eigenvalue weighted by atomic mass is 32.2. The summed E-state index contributed by atoms with van der Waals surface area (Å²) in [6, 6.07) is 5.27. The SMILES string of the molecule is Cc1cc(S(=O)(=O)C2CC3(CCN(C)CC3)C2)ccc1Nc1ncc2c(n1)N(C1CCCC1)C(=O)C2(C)CO. The van der Waals surface area contributed by atoms with Crippen molar-refractivity contribution in [3.05, 3.63) is 35.5 Å². The minimum Gasteiger partial charge on any atom is -0.395 e. The number of benzene rings is 1. The highest BCUT2D eigenvalue weighted by molar-refractivity contribution is 7.92. The monoisotopic (exact) mass is 553 g/mol. The first-order valence-corrected chi connectivity index (χ1v) is 15.7. The van der Waals surface area contributed by atoms with Crippen molar-refractivity contribution in [1.29, 1.82) is 0 Å². The van der Waals surface area contributed by atoms with E-state index in [0.29, 0.717) is 22.2 Å². The molecular weight excluding hydrogens is 514 g/mol. The van der Waals surface area contributed by atoms with Gasteiger partial charge in [-0.1, -0.05) is 12.8 Å². The van der Waals surface area contributed by atoms with Crippen LogP contribution in [-0.4, -0.2) is 72.3 Å². The molecule has 3 fully saturated rings. The first kappa shape index (κ1) is 26.7. The molecule has 6 rings (SSSR count). The first-order valence-electron chi connectivity index (χ1n) is 14.2. The van der Waals surface area contributed by atoms with Gasteiger partial charge in [-0.25, -0.2) is 13.4 Å². The van der Waals surface area contributed by atoms with Crippen molar-refractivity contribution >= 4 is 33.2 Å². The van der Waals surface area contributed by atoms with Crippen LogP contribution in [0.25, 0.3) is 0 Å². The van der Waals surface area contributed by atoms with E-state index >= 15 is 0 Å². The highest BCUT2D eigenvalue weighted by Gasteiger charge is 2.52. The summed E-state index contributed by atoms with van der Waals surface area (Å²) in [5.74, 6) is 0.779. The van der Waals surface area contributed by atoms with Crippen LogP contribution in [0.2, 0.25) is 0 Å². The molecule has 39 heavy (non-hydrogen) atoms. The number of hydrogen-bond donors (Lipinski definition) is 2. The van der Waals surface area contributed by atoms with Crippen molar-refractivity contribution in [3.8, 4) is 0 Å². The number of fused-ring (bicyclic) bond motifs is 1. The number of aliphatic hydroxyl groups is 1. The van der Waals surface area contributed by atoms with Gasteiger partial charge in [0.05, 0.1) is 22.2 Å².